The van der Waals surface area contributed by atoms with Crippen molar-refractivity contribution in [2.45, 2.75) is 13.0 Å². The summed E-state index contributed by atoms with van der Waals surface area (Å²) in [6.45, 7) is 1.80. The Morgan fingerprint density at radius 3 is 2.68 bits per heavy atom. The van der Waals surface area contributed by atoms with E-state index in [1.165, 1.54) is 10.6 Å². The fraction of sp³-hybridized carbons (Fsp3) is 0.261. The quantitative estimate of drug-likeness (QED) is 0.404. The van der Waals surface area contributed by atoms with Crippen LogP contribution < -0.4 is 10.5 Å². The summed E-state index contributed by atoms with van der Waals surface area (Å²) in [6.07, 6.45) is 4.23. The maximum absolute atomic E-state index is 13.9. The normalized spacial score (nSPS) is 11.4. The molecule has 0 saturated carbocycles. The van der Waals surface area contributed by atoms with E-state index in [0.29, 0.717) is 23.7 Å². The van der Waals surface area contributed by atoms with Gasteiger partial charge >= 0.3 is 5.76 Å². The fourth-order valence-corrected chi connectivity index (χ4v) is 3.30. The summed E-state index contributed by atoms with van der Waals surface area (Å²) in [4.78, 5) is 23.1. The number of benzene rings is 2. The Morgan fingerprint density at radius 1 is 1.13 bits per heavy atom. The van der Waals surface area contributed by atoms with E-state index < -0.39 is 11.6 Å². The Hall–Kier alpha value is -3.52. The number of hydrogen-bond acceptors (Lipinski definition) is 6. The number of nitrogens with zero attached hydrogens (tertiary/aromatic N) is 4. The van der Waals surface area contributed by atoms with Gasteiger partial charge in [0.1, 0.15) is 0 Å². The first-order chi connectivity index (χ1) is 15.0. The summed E-state index contributed by atoms with van der Waals surface area (Å²) in [7, 11) is 4.05. The van der Waals surface area contributed by atoms with Crippen LogP contribution in [0, 0.1) is 5.82 Å². The molecule has 0 unspecified atom stereocenters. The van der Waals surface area contributed by atoms with Crippen molar-refractivity contribution in [1.82, 2.24) is 19.4 Å². The minimum atomic E-state index is -0.600. The molecule has 0 aliphatic carbocycles. The Balaban J connectivity index is 1.50. The molecule has 0 saturated heterocycles. The van der Waals surface area contributed by atoms with Gasteiger partial charge in [0, 0.05) is 12.1 Å². The van der Waals surface area contributed by atoms with Crippen molar-refractivity contribution >= 4 is 11.1 Å². The third-order valence-corrected chi connectivity index (χ3v) is 4.82. The largest absolute Gasteiger partial charge is 0.490 e. The first kappa shape index (κ1) is 20.7. The van der Waals surface area contributed by atoms with Gasteiger partial charge in [-0.15, -0.1) is 0 Å². The van der Waals surface area contributed by atoms with Crippen LogP contribution >= 0.6 is 0 Å². The maximum Gasteiger partial charge on any atom is 0.420 e. The van der Waals surface area contributed by atoms with Crippen LogP contribution in [0.25, 0.3) is 22.5 Å². The van der Waals surface area contributed by atoms with E-state index in [4.69, 9.17) is 9.15 Å². The van der Waals surface area contributed by atoms with E-state index in [-0.39, 0.29) is 12.1 Å². The van der Waals surface area contributed by atoms with Crippen LogP contribution in [0.5, 0.6) is 5.75 Å². The van der Waals surface area contributed by atoms with E-state index in [1.54, 1.807) is 24.5 Å². The lowest BCUT2D eigenvalue weighted by Crippen LogP contribution is -2.15. The van der Waals surface area contributed by atoms with E-state index in [1.807, 2.05) is 38.4 Å². The highest BCUT2D eigenvalue weighted by Crippen LogP contribution is 2.21. The molecule has 0 atom stereocenters. The molecule has 4 rings (SSSR count). The Bertz CT molecular complexity index is 1230. The highest BCUT2D eigenvalue weighted by atomic mass is 19.1. The van der Waals surface area contributed by atoms with Gasteiger partial charge < -0.3 is 14.1 Å². The Kier molecular flexibility index (Phi) is 6.08. The van der Waals surface area contributed by atoms with Crippen LogP contribution in [0.1, 0.15) is 12.0 Å². The number of aromatic nitrogens is 3. The third kappa shape index (κ3) is 4.80. The minimum absolute atomic E-state index is 0.0341. The van der Waals surface area contributed by atoms with Crippen molar-refractivity contribution in [3.63, 3.8) is 0 Å². The van der Waals surface area contributed by atoms with Crippen LogP contribution in [0.15, 0.2) is 64.1 Å². The van der Waals surface area contributed by atoms with Crippen molar-refractivity contribution < 1.29 is 13.5 Å². The number of hydrogen-bond donors (Lipinski definition) is 0. The van der Waals surface area contributed by atoms with Gasteiger partial charge in [0.05, 0.1) is 31.1 Å². The minimum Gasteiger partial charge on any atom is -0.490 e. The second-order valence-corrected chi connectivity index (χ2v) is 7.49. The predicted molar refractivity (Wildman–Crippen MR) is 116 cm³/mol. The Morgan fingerprint density at radius 2 is 1.90 bits per heavy atom. The van der Waals surface area contributed by atoms with E-state index >= 15 is 0 Å². The molecule has 0 aliphatic rings. The molecule has 2 aromatic carbocycles. The number of fused-ring (bicyclic) bond motifs is 1. The van der Waals surface area contributed by atoms with Crippen LogP contribution in [0.2, 0.25) is 0 Å². The van der Waals surface area contributed by atoms with Crippen molar-refractivity contribution in [2.75, 3.05) is 27.2 Å². The lowest BCUT2D eigenvalue weighted by molar-refractivity contribution is 0.280. The maximum atomic E-state index is 13.9. The molecule has 2 aromatic heterocycles. The fourth-order valence-electron chi connectivity index (χ4n) is 3.30. The second-order valence-electron chi connectivity index (χ2n) is 7.49. The van der Waals surface area contributed by atoms with Gasteiger partial charge in [-0.2, -0.15) is 0 Å². The molecule has 0 fully saturated rings. The second kappa shape index (κ2) is 9.09. The van der Waals surface area contributed by atoms with Crippen LogP contribution in [0.4, 0.5) is 4.39 Å². The van der Waals surface area contributed by atoms with Crippen molar-refractivity contribution in [2.24, 2.45) is 0 Å². The average Bonchev–Trinajstić information content (AvgIpc) is 3.08. The SMILES string of the molecule is CN(C)CCCOc1cnc(-c2cccc(Cn3c(=O)oc4c(F)cccc43)c2)nc1. The van der Waals surface area contributed by atoms with Crippen molar-refractivity contribution in [3.05, 3.63) is 76.8 Å². The van der Waals surface area contributed by atoms with Gasteiger partial charge in [-0.3, -0.25) is 4.57 Å². The van der Waals surface area contributed by atoms with Crippen LogP contribution in [0.3, 0.4) is 0 Å². The standard InChI is InChI=1S/C23H23FN4O3/c1-27(2)10-5-11-30-18-13-25-22(26-14-18)17-7-3-6-16(12-17)15-28-20-9-4-8-19(24)21(20)31-23(28)29/h3-4,6-9,12-14H,5,10-11,15H2,1-2H3. The molecule has 160 valence electrons. The summed E-state index contributed by atoms with van der Waals surface area (Å²) in [5.74, 6) is 0.0205. The predicted octanol–water partition coefficient (Wildman–Crippen LogP) is 3.57. The van der Waals surface area contributed by atoms with Gasteiger partial charge in [-0.1, -0.05) is 24.3 Å². The molecule has 0 radical (unpaired) electrons. The molecule has 31 heavy (non-hydrogen) atoms. The molecular weight excluding hydrogens is 399 g/mol. The lowest BCUT2D eigenvalue weighted by atomic mass is 10.1. The first-order valence-electron chi connectivity index (χ1n) is 9.98. The molecule has 0 amide bonds. The highest BCUT2D eigenvalue weighted by Gasteiger charge is 2.13. The third-order valence-electron chi connectivity index (χ3n) is 4.82. The highest BCUT2D eigenvalue weighted by molar-refractivity contribution is 5.73. The smallest absolute Gasteiger partial charge is 0.420 e. The number of oxazole rings is 1. The van der Waals surface area contributed by atoms with Gasteiger partial charge in [-0.25, -0.2) is 19.2 Å². The van der Waals surface area contributed by atoms with Crippen molar-refractivity contribution in [1.29, 1.82) is 0 Å². The zero-order valence-electron chi connectivity index (χ0n) is 17.4. The number of ether oxygens (including phenoxy) is 1. The Labute approximate surface area is 178 Å². The van der Waals surface area contributed by atoms with Gasteiger partial charge in [-0.05, 0) is 44.3 Å². The monoisotopic (exact) mass is 422 g/mol. The summed E-state index contributed by atoms with van der Waals surface area (Å²) >= 11 is 0. The van der Waals surface area contributed by atoms with Gasteiger partial charge in [0.25, 0.3) is 0 Å². The summed E-state index contributed by atoms with van der Waals surface area (Å²) in [5.41, 5.74) is 2.04. The molecule has 0 bridgehead atoms. The van der Waals surface area contributed by atoms with E-state index in [2.05, 4.69) is 14.9 Å². The summed E-state index contributed by atoms with van der Waals surface area (Å²) < 4.78 is 26.0. The summed E-state index contributed by atoms with van der Waals surface area (Å²) in [5, 5.41) is 0. The number of para-hydroxylation sites is 1. The molecule has 8 heteroatoms. The molecule has 2 heterocycles. The molecule has 7 nitrogen and oxygen atoms in total. The lowest BCUT2D eigenvalue weighted by Gasteiger charge is -2.10. The molecule has 0 aliphatic heterocycles. The topological polar surface area (TPSA) is 73.4 Å². The zero-order valence-corrected chi connectivity index (χ0v) is 17.4. The van der Waals surface area contributed by atoms with Crippen LogP contribution in [-0.2, 0) is 6.54 Å². The molecule has 4 aromatic rings. The number of halogens is 1. The zero-order chi connectivity index (χ0) is 21.8. The average molecular weight is 422 g/mol. The van der Waals surface area contributed by atoms with E-state index in [0.717, 1.165) is 24.1 Å². The van der Waals surface area contributed by atoms with Gasteiger partial charge in [0.15, 0.2) is 23.0 Å². The molecular formula is C23H23FN4O3. The molecule has 0 N–H and O–H groups in total. The summed E-state index contributed by atoms with van der Waals surface area (Å²) in [6, 6.07) is 12.0. The van der Waals surface area contributed by atoms with Crippen LogP contribution in [-0.4, -0.2) is 46.7 Å². The molecule has 0 spiro atoms. The number of rotatable bonds is 8. The van der Waals surface area contributed by atoms with Gasteiger partial charge in [0.2, 0.25) is 0 Å². The van der Waals surface area contributed by atoms with Crippen molar-refractivity contribution in [3.8, 4) is 17.1 Å². The first-order valence-corrected chi connectivity index (χ1v) is 9.98. The van der Waals surface area contributed by atoms with E-state index in [9.17, 15) is 9.18 Å².